The second-order valence-electron chi connectivity index (χ2n) is 6.67. The minimum absolute atomic E-state index is 0.00674. The third-order valence-electron chi connectivity index (χ3n) is 4.79. The Labute approximate surface area is 143 Å². The number of benzene rings is 1. The predicted molar refractivity (Wildman–Crippen MR) is 93.6 cm³/mol. The number of hydrogen-bond donors (Lipinski definition) is 1. The highest BCUT2D eigenvalue weighted by Gasteiger charge is 2.35. The van der Waals surface area contributed by atoms with E-state index in [0.717, 1.165) is 37.4 Å². The van der Waals surface area contributed by atoms with Crippen LogP contribution in [0.2, 0.25) is 0 Å². The summed E-state index contributed by atoms with van der Waals surface area (Å²) < 4.78 is 5.20. The molecule has 1 aliphatic rings. The summed E-state index contributed by atoms with van der Waals surface area (Å²) in [4.78, 5) is 15.1. The zero-order valence-electron chi connectivity index (χ0n) is 14.6. The summed E-state index contributed by atoms with van der Waals surface area (Å²) in [7, 11) is 0. The van der Waals surface area contributed by atoms with Gasteiger partial charge in [0.1, 0.15) is 11.4 Å². The summed E-state index contributed by atoms with van der Waals surface area (Å²) in [5, 5.41) is 7.05. The molecular formula is C19H25N3O2. The molecule has 0 saturated carbocycles. The first-order valence-electron chi connectivity index (χ1n) is 8.60. The van der Waals surface area contributed by atoms with Crippen LogP contribution in [-0.4, -0.2) is 29.1 Å². The van der Waals surface area contributed by atoms with Crippen molar-refractivity contribution in [2.24, 2.45) is 11.8 Å². The zero-order valence-corrected chi connectivity index (χ0v) is 14.6. The van der Waals surface area contributed by atoms with E-state index in [4.69, 9.17) is 4.52 Å². The number of carbonyl (C=O) groups excluding carboxylic acids is 1. The molecule has 1 fully saturated rings. The van der Waals surface area contributed by atoms with Gasteiger partial charge >= 0.3 is 0 Å². The lowest BCUT2D eigenvalue weighted by Gasteiger charge is -2.16. The molecule has 2 heterocycles. The molecule has 1 amide bonds. The molecule has 0 spiro atoms. The number of anilines is 1. The Kier molecular flexibility index (Phi) is 5.00. The molecule has 1 aromatic carbocycles. The smallest absolute Gasteiger partial charge is 0.229 e. The molecule has 1 aromatic heterocycles. The fourth-order valence-corrected chi connectivity index (χ4v) is 3.41. The van der Waals surface area contributed by atoms with Gasteiger partial charge in [-0.3, -0.25) is 9.69 Å². The summed E-state index contributed by atoms with van der Waals surface area (Å²) in [5.41, 5.74) is 2.85. The van der Waals surface area contributed by atoms with E-state index in [-0.39, 0.29) is 11.8 Å². The minimum atomic E-state index is -0.00674. The number of likely N-dealkylation sites (tertiary alicyclic amines) is 1. The highest BCUT2D eigenvalue weighted by atomic mass is 16.5. The average Bonchev–Trinajstić information content (AvgIpc) is 3.11. The number of nitrogens with zero attached hydrogens (tertiary/aromatic N) is 2. The lowest BCUT2D eigenvalue weighted by Crippen LogP contribution is -2.29. The maximum Gasteiger partial charge on any atom is 0.229 e. The molecule has 1 N–H and O–H groups in total. The van der Waals surface area contributed by atoms with Crippen molar-refractivity contribution in [3.8, 4) is 0 Å². The molecule has 0 unspecified atom stereocenters. The van der Waals surface area contributed by atoms with Crippen LogP contribution in [-0.2, 0) is 17.8 Å². The van der Waals surface area contributed by atoms with Gasteiger partial charge in [-0.15, -0.1) is 0 Å². The monoisotopic (exact) mass is 327 g/mol. The van der Waals surface area contributed by atoms with Crippen LogP contribution >= 0.6 is 0 Å². The molecule has 128 valence electrons. The first-order chi connectivity index (χ1) is 11.6. The first-order valence-corrected chi connectivity index (χ1v) is 8.60. The normalized spacial score (nSPS) is 21.1. The largest absolute Gasteiger partial charge is 0.359 e. The molecule has 2 atom stereocenters. The van der Waals surface area contributed by atoms with E-state index in [1.807, 2.05) is 19.9 Å². The molecule has 1 saturated heterocycles. The van der Waals surface area contributed by atoms with E-state index in [9.17, 15) is 4.79 Å². The van der Waals surface area contributed by atoms with Gasteiger partial charge < -0.3 is 9.84 Å². The molecule has 2 aromatic rings. The third-order valence-corrected chi connectivity index (χ3v) is 4.79. The van der Waals surface area contributed by atoms with Gasteiger partial charge in [-0.2, -0.15) is 0 Å². The molecule has 1 aliphatic heterocycles. The van der Waals surface area contributed by atoms with Gasteiger partial charge in [0.05, 0.1) is 5.92 Å². The Balaban J connectivity index is 1.64. The van der Waals surface area contributed by atoms with Crippen LogP contribution in [0.1, 0.15) is 30.9 Å². The van der Waals surface area contributed by atoms with Gasteiger partial charge in [-0.25, -0.2) is 0 Å². The maximum absolute atomic E-state index is 12.7. The van der Waals surface area contributed by atoms with Crippen LogP contribution in [0.4, 0.5) is 5.69 Å². The van der Waals surface area contributed by atoms with Gasteiger partial charge in [0, 0.05) is 19.6 Å². The zero-order chi connectivity index (χ0) is 17.1. The van der Waals surface area contributed by atoms with Crippen LogP contribution < -0.4 is 5.32 Å². The fourth-order valence-electron chi connectivity index (χ4n) is 3.41. The minimum Gasteiger partial charge on any atom is -0.359 e. The number of aryl methyl sites for hydroxylation is 2. The Morgan fingerprint density at radius 1 is 1.33 bits per heavy atom. The Bertz CT molecular complexity index is 696. The van der Waals surface area contributed by atoms with Crippen LogP contribution in [0, 0.1) is 18.8 Å². The van der Waals surface area contributed by atoms with Gasteiger partial charge in [0.2, 0.25) is 5.91 Å². The van der Waals surface area contributed by atoms with Crippen molar-refractivity contribution >= 4 is 11.6 Å². The molecule has 3 rings (SSSR count). The average molecular weight is 327 g/mol. The summed E-state index contributed by atoms with van der Waals surface area (Å²) >= 11 is 0. The van der Waals surface area contributed by atoms with E-state index in [2.05, 4.69) is 46.6 Å². The van der Waals surface area contributed by atoms with E-state index in [1.54, 1.807) is 0 Å². The Hall–Kier alpha value is -2.14. The quantitative estimate of drug-likeness (QED) is 0.916. The number of nitrogens with one attached hydrogen (secondary N) is 1. The number of carbonyl (C=O) groups is 1. The lowest BCUT2D eigenvalue weighted by atomic mass is 9.97. The van der Waals surface area contributed by atoms with Crippen molar-refractivity contribution in [3.63, 3.8) is 0 Å². The first kappa shape index (κ1) is 16.7. The third kappa shape index (κ3) is 3.51. The maximum atomic E-state index is 12.7. The van der Waals surface area contributed by atoms with E-state index >= 15 is 0 Å². The van der Waals surface area contributed by atoms with Crippen molar-refractivity contribution in [2.75, 3.05) is 18.4 Å². The molecule has 5 nitrogen and oxygen atoms in total. The molecule has 0 bridgehead atoms. The summed E-state index contributed by atoms with van der Waals surface area (Å²) in [6.07, 6.45) is 0.743. The van der Waals surface area contributed by atoms with Crippen LogP contribution in [0.25, 0.3) is 0 Å². The molecule has 0 aliphatic carbocycles. The van der Waals surface area contributed by atoms with Crippen LogP contribution in [0.15, 0.2) is 34.9 Å². The second kappa shape index (κ2) is 7.18. The van der Waals surface area contributed by atoms with Crippen molar-refractivity contribution < 1.29 is 9.32 Å². The highest BCUT2D eigenvalue weighted by molar-refractivity contribution is 5.94. The van der Waals surface area contributed by atoms with E-state index in [0.29, 0.717) is 11.7 Å². The molecule has 0 radical (unpaired) electrons. The fraction of sp³-hybridized carbons (Fsp3) is 0.474. The van der Waals surface area contributed by atoms with Crippen molar-refractivity contribution in [1.82, 2.24) is 10.1 Å². The molecule has 24 heavy (non-hydrogen) atoms. The van der Waals surface area contributed by atoms with Gasteiger partial charge in [-0.05, 0) is 24.8 Å². The van der Waals surface area contributed by atoms with Crippen LogP contribution in [0.5, 0.6) is 0 Å². The molecular weight excluding hydrogens is 302 g/mol. The van der Waals surface area contributed by atoms with E-state index in [1.165, 1.54) is 5.56 Å². The topological polar surface area (TPSA) is 58.4 Å². The van der Waals surface area contributed by atoms with Crippen molar-refractivity contribution in [3.05, 3.63) is 47.3 Å². The number of hydrogen-bond acceptors (Lipinski definition) is 4. The lowest BCUT2D eigenvalue weighted by molar-refractivity contribution is -0.120. The van der Waals surface area contributed by atoms with Gasteiger partial charge in [-0.1, -0.05) is 49.3 Å². The second-order valence-corrected chi connectivity index (χ2v) is 6.67. The van der Waals surface area contributed by atoms with E-state index < -0.39 is 0 Å². The number of aromatic nitrogens is 1. The van der Waals surface area contributed by atoms with Gasteiger partial charge in [0.15, 0.2) is 5.76 Å². The summed E-state index contributed by atoms with van der Waals surface area (Å²) in [6.45, 7) is 8.61. The Morgan fingerprint density at radius 2 is 2.08 bits per heavy atom. The molecule has 5 heteroatoms. The van der Waals surface area contributed by atoms with Gasteiger partial charge in [0.25, 0.3) is 0 Å². The number of rotatable bonds is 5. The standard InChI is InChI=1S/C19H25N3O2/c1-4-17-18(14(3)24-21-17)20-19(23)16-12-22(10-13(16)2)11-15-8-6-5-7-9-15/h5-9,13,16H,4,10-12H2,1-3H3,(H,20,23)/t13-,16-/m1/s1. The Morgan fingerprint density at radius 3 is 2.79 bits per heavy atom. The van der Waals surface area contributed by atoms with Crippen molar-refractivity contribution in [1.29, 1.82) is 0 Å². The highest BCUT2D eigenvalue weighted by Crippen LogP contribution is 2.27. The predicted octanol–water partition coefficient (Wildman–Crippen LogP) is 3.25. The van der Waals surface area contributed by atoms with Crippen LogP contribution in [0.3, 0.4) is 0 Å². The number of amides is 1. The van der Waals surface area contributed by atoms with Crippen molar-refractivity contribution in [2.45, 2.75) is 33.7 Å². The SMILES string of the molecule is CCc1noc(C)c1NC(=O)[C@@H]1CN(Cc2ccccc2)C[C@H]1C. The summed E-state index contributed by atoms with van der Waals surface area (Å²) in [5.74, 6) is 1.07. The summed E-state index contributed by atoms with van der Waals surface area (Å²) in [6, 6.07) is 10.4.